The molecule has 0 bridgehead atoms. The summed E-state index contributed by atoms with van der Waals surface area (Å²) in [5.74, 6) is -0.191. The Morgan fingerprint density at radius 2 is 2.29 bits per heavy atom. The van der Waals surface area contributed by atoms with Gasteiger partial charge in [0.15, 0.2) is 0 Å². The van der Waals surface area contributed by atoms with Crippen LogP contribution in [0.5, 0.6) is 0 Å². The first-order valence-electron chi connectivity index (χ1n) is 6.90. The second-order valence-corrected chi connectivity index (χ2v) is 4.91. The van der Waals surface area contributed by atoms with E-state index in [0.717, 1.165) is 17.8 Å². The average molecular weight is 282 g/mol. The Morgan fingerprint density at radius 1 is 1.52 bits per heavy atom. The molecule has 5 heteroatoms. The van der Waals surface area contributed by atoms with Crippen molar-refractivity contribution in [1.29, 1.82) is 5.26 Å². The molecule has 0 saturated carbocycles. The number of nitrogens with one attached hydrogen (secondary N) is 1. The van der Waals surface area contributed by atoms with E-state index in [0.29, 0.717) is 11.1 Å². The number of amides is 1. The summed E-state index contributed by atoms with van der Waals surface area (Å²) < 4.78 is 1.85. The predicted octanol–water partition coefficient (Wildman–Crippen LogP) is 2.57. The Balaban J connectivity index is 2.14. The normalized spacial score (nSPS) is 11.7. The number of hydrogen-bond donors (Lipinski definition) is 1. The molecule has 0 aliphatic rings. The van der Waals surface area contributed by atoms with Gasteiger partial charge in [-0.15, -0.1) is 0 Å². The van der Waals surface area contributed by atoms with Crippen LogP contribution in [-0.2, 0) is 6.54 Å². The lowest BCUT2D eigenvalue weighted by molar-refractivity contribution is 0.0940. The maximum Gasteiger partial charge on any atom is 0.251 e. The molecule has 108 valence electrons. The van der Waals surface area contributed by atoms with E-state index in [4.69, 9.17) is 5.26 Å². The van der Waals surface area contributed by atoms with Crippen LogP contribution >= 0.6 is 0 Å². The van der Waals surface area contributed by atoms with E-state index in [2.05, 4.69) is 10.4 Å². The van der Waals surface area contributed by atoms with Gasteiger partial charge in [0.25, 0.3) is 5.91 Å². The molecule has 0 radical (unpaired) electrons. The van der Waals surface area contributed by atoms with Crippen LogP contribution in [0.15, 0.2) is 30.5 Å². The zero-order valence-corrected chi connectivity index (χ0v) is 12.4. The van der Waals surface area contributed by atoms with Crippen molar-refractivity contribution in [3.05, 3.63) is 52.8 Å². The number of aryl methyl sites for hydroxylation is 2. The van der Waals surface area contributed by atoms with Crippen LogP contribution in [0.4, 0.5) is 0 Å². The van der Waals surface area contributed by atoms with Crippen molar-refractivity contribution in [1.82, 2.24) is 15.1 Å². The van der Waals surface area contributed by atoms with E-state index < -0.39 is 0 Å². The maximum absolute atomic E-state index is 12.2. The van der Waals surface area contributed by atoms with E-state index in [-0.39, 0.29) is 11.9 Å². The topological polar surface area (TPSA) is 70.7 Å². The van der Waals surface area contributed by atoms with Crippen molar-refractivity contribution in [2.75, 3.05) is 0 Å². The van der Waals surface area contributed by atoms with Gasteiger partial charge in [0.1, 0.15) is 0 Å². The fraction of sp³-hybridized carbons (Fsp3) is 0.312. The molecule has 21 heavy (non-hydrogen) atoms. The van der Waals surface area contributed by atoms with Gasteiger partial charge in [0.2, 0.25) is 0 Å². The van der Waals surface area contributed by atoms with E-state index >= 15 is 0 Å². The molecule has 1 atom stereocenters. The van der Waals surface area contributed by atoms with E-state index in [1.165, 1.54) is 0 Å². The van der Waals surface area contributed by atoms with Crippen LogP contribution < -0.4 is 5.32 Å². The minimum absolute atomic E-state index is 0.136. The monoisotopic (exact) mass is 282 g/mol. The zero-order chi connectivity index (χ0) is 15.4. The molecule has 1 aromatic carbocycles. The Hall–Kier alpha value is -2.61. The number of benzene rings is 1. The first kappa shape index (κ1) is 14.8. The molecule has 0 aliphatic carbocycles. The van der Waals surface area contributed by atoms with Crippen molar-refractivity contribution < 1.29 is 4.79 Å². The summed E-state index contributed by atoms with van der Waals surface area (Å²) in [7, 11) is 0. The van der Waals surface area contributed by atoms with E-state index in [1.54, 1.807) is 24.3 Å². The van der Waals surface area contributed by atoms with Gasteiger partial charge in [-0.3, -0.25) is 9.48 Å². The molecule has 2 aromatic rings. The summed E-state index contributed by atoms with van der Waals surface area (Å²) in [4.78, 5) is 12.2. The number of rotatable bonds is 4. The highest BCUT2D eigenvalue weighted by Crippen LogP contribution is 2.17. The molecule has 0 aliphatic heterocycles. The highest BCUT2D eigenvalue weighted by molar-refractivity contribution is 5.94. The Kier molecular flexibility index (Phi) is 4.39. The van der Waals surface area contributed by atoms with Crippen LogP contribution in [0.1, 0.15) is 47.1 Å². The fourth-order valence-electron chi connectivity index (χ4n) is 2.21. The van der Waals surface area contributed by atoms with Crippen LogP contribution in [0, 0.1) is 18.3 Å². The molecule has 5 nitrogen and oxygen atoms in total. The fourth-order valence-corrected chi connectivity index (χ4v) is 2.21. The number of aromatic nitrogens is 2. The number of hydrogen-bond acceptors (Lipinski definition) is 3. The summed E-state index contributed by atoms with van der Waals surface area (Å²) in [6.45, 7) is 6.68. The first-order chi connectivity index (χ1) is 10.0. The smallest absolute Gasteiger partial charge is 0.251 e. The first-order valence-corrected chi connectivity index (χ1v) is 6.90. The largest absolute Gasteiger partial charge is 0.345 e. The molecule has 1 amide bonds. The predicted molar refractivity (Wildman–Crippen MR) is 79.7 cm³/mol. The molecular formula is C16H18N4O. The highest BCUT2D eigenvalue weighted by Gasteiger charge is 2.15. The van der Waals surface area contributed by atoms with Gasteiger partial charge in [0.05, 0.1) is 23.4 Å². The van der Waals surface area contributed by atoms with Crippen molar-refractivity contribution in [3.63, 3.8) is 0 Å². The van der Waals surface area contributed by atoms with Gasteiger partial charge in [-0.2, -0.15) is 10.4 Å². The maximum atomic E-state index is 12.2. The van der Waals surface area contributed by atoms with Gasteiger partial charge in [0, 0.05) is 23.9 Å². The number of nitriles is 1. The van der Waals surface area contributed by atoms with Gasteiger partial charge >= 0.3 is 0 Å². The molecule has 1 N–H and O–H groups in total. The SMILES string of the molecule is CCn1cc(C(C)NC(=O)c2cccc(C#N)c2)c(C)n1. The molecule has 0 spiro atoms. The molecule has 0 saturated heterocycles. The van der Waals surface area contributed by atoms with Crippen molar-refractivity contribution in [3.8, 4) is 6.07 Å². The summed E-state index contributed by atoms with van der Waals surface area (Å²) in [6, 6.07) is 8.57. The molecular weight excluding hydrogens is 264 g/mol. The molecule has 0 fully saturated rings. The summed E-state index contributed by atoms with van der Waals surface area (Å²) in [5, 5.41) is 16.2. The van der Waals surface area contributed by atoms with Gasteiger partial charge in [-0.1, -0.05) is 6.07 Å². The van der Waals surface area contributed by atoms with E-state index in [1.807, 2.05) is 37.7 Å². The van der Waals surface area contributed by atoms with Gasteiger partial charge in [-0.05, 0) is 39.0 Å². The standard InChI is InChI=1S/C16H18N4O/c1-4-20-10-15(12(3)19-20)11(2)18-16(21)14-7-5-6-13(8-14)9-17/h5-8,10-11H,4H2,1-3H3,(H,18,21). The highest BCUT2D eigenvalue weighted by atomic mass is 16.1. The Morgan fingerprint density at radius 3 is 2.90 bits per heavy atom. The summed E-state index contributed by atoms with van der Waals surface area (Å²) in [6.07, 6.45) is 1.95. The van der Waals surface area contributed by atoms with Crippen molar-refractivity contribution >= 4 is 5.91 Å². The van der Waals surface area contributed by atoms with Gasteiger partial charge in [-0.25, -0.2) is 0 Å². The second-order valence-electron chi connectivity index (χ2n) is 4.91. The van der Waals surface area contributed by atoms with Crippen LogP contribution in [0.3, 0.4) is 0 Å². The quantitative estimate of drug-likeness (QED) is 0.937. The van der Waals surface area contributed by atoms with Gasteiger partial charge < -0.3 is 5.32 Å². The third kappa shape index (κ3) is 3.29. The minimum atomic E-state index is -0.191. The lowest BCUT2D eigenvalue weighted by Crippen LogP contribution is -2.26. The minimum Gasteiger partial charge on any atom is -0.345 e. The van der Waals surface area contributed by atoms with Crippen molar-refractivity contribution in [2.45, 2.75) is 33.4 Å². The lowest BCUT2D eigenvalue weighted by Gasteiger charge is -2.13. The van der Waals surface area contributed by atoms with Crippen molar-refractivity contribution in [2.24, 2.45) is 0 Å². The third-order valence-electron chi connectivity index (χ3n) is 3.38. The number of carbonyl (C=O) groups excluding carboxylic acids is 1. The zero-order valence-electron chi connectivity index (χ0n) is 12.4. The molecule has 1 heterocycles. The van der Waals surface area contributed by atoms with Crippen LogP contribution in [0.2, 0.25) is 0 Å². The number of carbonyl (C=O) groups is 1. The Labute approximate surface area is 124 Å². The molecule has 1 aromatic heterocycles. The van der Waals surface area contributed by atoms with Crippen LogP contribution in [0.25, 0.3) is 0 Å². The van der Waals surface area contributed by atoms with Crippen LogP contribution in [-0.4, -0.2) is 15.7 Å². The third-order valence-corrected chi connectivity index (χ3v) is 3.38. The Bertz CT molecular complexity index is 697. The number of nitrogens with zero attached hydrogens (tertiary/aromatic N) is 3. The lowest BCUT2D eigenvalue weighted by atomic mass is 10.1. The summed E-state index contributed by atoms with van der Waals surface area (Å²) in [5.41, 5.74) is 2.88. The summed E-state index contributed by atoms with van der Waals surface area (Å²) >= 11 is 0. The molecule has 2 rings (SSSR count). The van der Waals surface area contributed by atoms with E-state index in [9.17, 15) is 4.79 Å². The molecule has 1 unspecified atom stereocenters. The average Bonchev–Trinajstić information content (AvgIpc) is 2.88. The second kappa shape index (κ2) is 6.23.